The van der Waals surface area contributed by atoms with Crippen LogP contribution in [0.4, 0.5) is 13.2 Å². The maximum absolute atomic E-state index is 13.4. The van der Waals surface area contributed by atoms with E-state index in [0.717, 1.165) is 12.1 Å². The van der Waals surface area contributed by atoms with E-state index < -0.39 is 42.6 Å². The Balaban J connectivity index is 3.01. The lowest BCUT2D eigenvalue weighted by Crippen LogP contribution is -2.37. The van der Waals surface area contributed by atoms with Crippen LogP contribution in [0.2, 0.25) is 0 Å². The maximum Gasteiger partial charge on any atom is 0.260 e. The number of amides is 1. The minimum Gasteiger partial charge on any atom is -0.507 e. The topological polar surface area (TPSA) is 60.8 Å². The molecular formula is C11H12F3NO3. The molecule has 0 heterocycles. The number of alkyl halides is 2. The van der Waals surface area contributed by atoms with Crippen LogP contribution in [0.25, 0.3) is 0 Å². The standard InChI is InChI=1S/C11H12F3NO3/c12-7-2-1-3-8(17)10(7)11(18)15(4-5-16)6-9(13)14/h1-3,9,16-17H,4-6H2. The SMILES string of the molecule is O=C(c1c(O)cccc1F)N(CCO)CC(F)F. The number of aliphatic hydroxyl groups excluding tert-OH is 1. The van der Waals surface area contributed by atoms with E-state index in [1.807, 2.05) is 0 Å². The van der Waals surface area contributed by atoms with Crippen LogP contribution in [0.3, 0.4) is 0 Å². The summed E-state index contributed by atoms with van der Waals surface area (Å²) in [7, 11) is 0. The molecular weight excluding hydrogens is 251 g/mol. The van der Waals surface area contributed by atoms with Gasteiger partial charge < -0.3 is 15.1 Å². The molecule has 0 saturated heterocycles. The number of rotatable bonds is 5. The van der Waals surface area contributed by atoms with E-state index in [1.54, 1.807) is 0 Å². The van der Waals surface area contributed by atoms with Gasteiger partial charge in [0.2, 0.25) is 0 Å². The number of aliphatic hydroxyl groups is 1. The molecule has 0 aliphatic rings. The van der Waals surface area contributed by atoms with Crippen molar-refractivity contribution in [2.75, 3.05) is 19.7 Å². The second-order valence-electron chi connectivity index (χ2n) is 3.50. The normalized spacial score (nSPS) is 10.7. The van der Waals surface area contributed by atoms with E-state index in [4.69, 9.17) is 5.11 Å². The quantitative estimate of drug-likeness (QED) is 0.840. The molecule has 0 saturated carbocycles. The van der Waals surface area contributed by atoms with Crippen molar-refractivity contribution in [3.63, 3.8) is 0 Å². The number of carbonyl (C=O) groups is 1. The fourth-order valence-electron chi connectivity index (χ4n) is 1.45. The van der Waals surface area contributed by atoms with Crippen LogP contribution in [-0.4, -0.2) is 47.1 Å². The zero-order valence-corrected chi connectivity index (χ0v) is 9.31. The number of hydrogen-bond donors (Lipinski definition) is 2. The van der Waals surface area contributed by atoms with Gasteiger partial charge in [0.15, 0.2) is 0 Å². The van der Waals surface area contributed by atoms with Gasteiger partial charge in [-0.05, 0) is 12.1 Å². The molecule has 0 aliphatic heterocycles. The Labute approximate surface area is 101 Å². The first-order valence-electron chi connectivity index (χ1n) is 5.13. The minimum atomic E-state index is -2.81. The van der Waals surface area contributed by atoms with Crippen molar-refractivity contribution in [3.05, 3.63) is 29.6 Å². The fraction of sp³-hybridized carbons (Fsp3) is 0.364. The van der Waals surface area contributed by atoms with E-state index in [2.05, 4.69) is 0 Å². The second kappa shape index (κ2) is 6.25. The third-order valence-electron chi connectivity index (χ3n) is 2.22. The summed E-state index contributed by atoms with van der Waals surface area (Å²) in [6, 6.07) is 3.20. The van der Waals surface area contributed by atoms with E-state index in [1.165, 1.54) is 6.07 Å². The molecule has 1 aromatic carbocycles. The molecule has 4 nitrogen and oxygen atoms in total. The second-order valence-corrected chi connectivity index (χ2v) is 3.50. The van der Waals surface area contributed by atoms with Crippen molar-refractivity contribution in [1.82, 2.24) is 4.90 Å². The Morgan fingerprint density at radius 3 is 2.56 bits per heavy atom. The van der Waals surface area contributed by atoms with Gasteiger partial charge in [-0.15, -0.1) is 0 Å². The molecule has 0 radical (unpaired) electrons. The molecule has 18 heavy (non-hydrogen) atoms. The number of phenolic OH excluding ortho intramolecular Hbond substituents is 1. The van der Waals surface area contributed by atoms with E-state index in [0.29, 0.717) is 4.90 Å². The van der Waals surface area contributed by atoms with Crippen LogP contribution in [-0.2, 0) is 0 Å². The van der Waals surface area contributed by atoms with E-state index in [-0.39, 0.29) is 6.54 Å². The van der Waals surface area contributed by atoms with Crippen molar-refractivity contribution in [2.24, 2.45) is 0 Å². The van der Waals surface area contributed by atoms with E-state index >= 15 is 0 Å². The first kappa shape index (κ1) is 14.3. The van der Waals surface area contributed by atoms with Crippen molar-refractivity contribution in [1.29, 1.82) is 0 Å². The van der Waals surface area contributed by atoms with Gasteiger partial charge in [0.05, 0.1) is 13.2 Å². The van der Waals surface area contributed by atoms with Gasteiger partial charge >= 0.3 is 0 Å². The molecule has 0 aliphatic carbocycles. The van der Waals surface area contributed by atoms with Crippen molar-refractivity contribution in [2.45, 2.75) is 6.43 Å². The third kappa shape index (κ3) is 3.36. The molecule has 2 N–H and O–H groups in total. The summed E-state index contributed by atoms with van der Waals surface area (Å²) in [5.41, 5.74) is -0.674. The van der Waals surface area contributed by atoms with Gasteiger partial charge in [-0.25, -0.2) is 13.2 Å². The highest BCUT2D eigenvalue weighted by molar-refractivity contribution is 5.97. The lowest BCUT2D eigenvalue weighted by molar-refractivity contribution is 0.0502. The number of halogens is 3. The summed E-state index contributed by atoms with van der Waals surface area (Å²) in [4.78, 5) is 12.4. The lowest BCUT2D eigenvalue weighted by Gasteiger charge is -2.21. The molecule has 1 amide bonds. The maximum atomic E-state index is 13.4. The zero-order valence-electron chi connectivity index (χ0n) is 9.31. The van der Waals surface area contributed by atoms with Crippen molar-refractivity contribution < 1.29 is 28.2 Å². The highest BCUT2D eigenvalue weighted by atomic mass is 19.3. The molecule has 1 aromatic rings. The zero-order chi connectivity index (χ0) is 13.7. The molecule has 7 heteroatoms. The molecule has 0 bridgehead atoms. The number of aromatic hydroxyl groups is 1. The predicted octanol–water partition coefficient (Wildman–Crippen LogP) is 1.23. The Bertz CT molecular complexity index is 406. The molecule has 0 atom stereocenters. The largest absolute Gasteiger partial charge is 0.507 e. The van der Waals surface area contributed by atoms with Gasteiger partial charge in [0.25, 0.3) is 12.3 Å². The van der Waals surface area contributed by atoms with Crippen LogP contribution >= 0.6 is 0 Å². The number of benzene rings is 1. The first-order valence-corrected chi connectivity index (χ1v) is 5.13. The summed E-state index contributed by atoms with van der Waals surface area (Å²) in [6.45, 7) is -1.84. The van der Waals surface area contributed by atoms with E-state index in [9.17, 15) is 23.1 Å². The monoisotopic (exact) mass is 263 g/mol. The summed E-state index contributed by atoms with van der Waals surface area (Å²) in [5, 5.41) is 18.1. The number of carbonyl (C=O) groups excluding carboxylic acids is 1. The average molecular weight is 263 g/mol. The molecule has 0 spiro atoms. The van der Waals surface area contributed by atoms with Gasteiger partial charge in [0, 0.05) is 6.54 Å². The molecule has 0 unspecified atom stereocenters. The van der Waals surface area contributed by atoms with Crippen molar-refractivity contribution in [3.8, 4) is 5.75 Å². The Kier molecular flexibility index (Phi) is 4.96. The fourth-order valence-corrected chi connectivity index (χ4v) is 1.45. The Morgan fingerprint density at radius 1 is 1.39 bits per heavy atom. The summed E-state index contributed by atoms with van der Waals surface area (Å²) in [6.07, 6.45) is -2.81. The number of hydrogen-bond acceptors (Lipinski definition) is 3. The Hall–Kier alpha value is -1.76. The highest BCUT2D eigenvalue weighted by Crippen LogP contribution is 2.21. The van der Waals surface area contributed by atoms with Crippen LogP contribution in [0.15, 0.2) is 18.2 Å². The number of phenols is 1. The highest BCUT2D eigenvalue weighted by Gasteiger charge is 2.24. The third-order valence-corrected chi connectivity index (χ3v) is 2.22. The Morgan fingerprint density at radius 2 is 2.06 bits per heavy atom. The van der Waals surface area contributed by atoms with Gasteiger partial charge in [-0.1, -0.05) is 6.07 Å². The molecule has 0 fully saturated rings. The molecule has 1 rings (SSSR count). The van der Waals surface area contributed by atoms with Gasteiger partial charge in [0.1, 0.15) is 17.1 Å². The smallest absolute Gasteiger partial charge is 0.260 e. The van der Waals surface area contributed by atoms with Crippen LogP contribution in [0.1, 0.15) is 10.4 Å². The lowest BCUT2D eigenvalue weighted by atomic mass is 10.1. The molecule has 0 aromatic heterocycles. The van der Waals surface area contributed by atoms with Crippen LogP contribution in [0.5, 0.6) is 5.75 Å². The van der Waals surface area contributed by atoms with Crippen molar-refractivity contribution >= 4 is 5.91 Å². The number of nitrogens with zero attached hydrogens (tertiary/aromatic N) is 1. The van der Waals surface area contributed by atoms with Crippen LogP contribution < -0.4 is 0 Å². The summed E-state index contributed by atoms with van der Waals surface area (Å²) < 4.78 is 37.9. The van der Waals surface area contributed by atoms with Gasteiger partial charge in [-0.3, -0.25) is 4.79 Å². The van der Waals surface area contributed by atoms with Gasteiger partial charge in [-0.2, -0.15) is 0 Å². The predicted molar refractivity (Wildman–Crippen MR) is 57.1 cm³/mol. The van der Waals surface area contributed by atoms with Crippen LogP contribution in [0, 0.1) is 5.82 Å². The minimum absolute atomic E-state index is 0.364. The average Bonchev–Trinajstić information content (AvgIpc) is 2.27. The summed E-state index contributed by atoms with van der Waals surface area (Å²) in [5.74, 6) is -2.71. The summed E-state index contributed by atoms with van der Waals surface area (Å²) >= 11 is 0. The first-order chi connectivity index (χ1) is 8.47. The molecule has 100 valence electrons.